The first-order chi connectivity index (χ1) is 13.6. The van der Waals surface area contributed by atoms with E-state index in [0.717, 1.165) is 71.6 Å². The Morgan fingerprint density at radius 3 is 2.79 bits per heavy atom. The van der Waals surface area contributed by atoms with Gasteiger partial charge in [-0.1, -0.05) is 0 Å². The van der Waals surface area contributed by atoms with Crippen LogP contribution in [0.2, 0.25) is 0 Å². The van der Waals surface area contributed by atoms with Crippen LogP contribution in [0.1, 0.15) is 66.4 Å². The second kappa shape index (κ2) is 7.54. The van der Waals surface area contributed by atoms with Gasteiger partial charge in [0.2, 0.25) is 0 Å². The van der Waals surface area contributed by atoms with Gasteiger partial charge in [-0.2, -0.15) is 4.36 Å². The summed E-state index contributed by atoms with van der Waals surface area (Å²) in [6.07, 6.45) is 5.11. The highest BCUT2D eigenvalue weighted by Gasteiger charge is 2.31. The first kappa shape index (κ1) is 20.6. The van der Waals surface area contributed by atoms with Crippen molar-refractivity contribution >= 4 is 33.9 Å². The Bertz CT molecular complexity index is 1020. The van der Waals surface area contributed by atoms with Gasteiger partial charge in [0.15, 0.2) is 0 Å². The molecule has 1 atom stereocenters. The molecule has 156 valence electrons. The van der Waals surface area contributed by atoms with E-state index in [1.54, 1.807) is 13.8 Å². The molecule has 2 amide bonds. The second-order valence-corrected chi connectivity index (χ2v) is 10.7. The zero-order valence-corrected chi connectivity index (χ0v) is 18.3. The molecule has 29 heavy (non-hydrogen) atoms. The summed E-state index contributed by atoms with van der Waals surface area (Å²) >= 11 is 1.04. The molecule has 0 aromatic carbocycles. The van der Waals surface area contributed by atoms with Crippen LogP contribution in [0, 0.1) is 12.7 Å². The van der Waals surface area contributed by atoms with Crippen molar-refractivity contribution in [3.05, 3.63) is 39.3 Å². The number of hydrogen-bond donors (Lipinski definition) is 3. The standard InChI is InChI=1S/C20H25FN4O2S2/c1-10-16(11-7-8-11)23-14-6-4-5-12(14)17(10)24-19(26)25-29(22)18-13(21)9-15(28-18)20(2,3)27/h9,11,27H,4-8H2,1-3H3,(H3,22,23,24,25,26). The van der Waals surface area contributed by atoms with E-state index < -0.39 is 28.3 Å². The molecule has 4 N–H and O–H groups in total. The summed E-state index contributed by atoms with van der Waals surface area (Å²) in [5.41, 5.74) is 3.85. The third kappa shape index (κ3) is 4.14. The predicted octanol–water partition coefficient (Wildman–Crippen LogP) is 4.45. The molecule has 1 saturated carbocycles. The number of hydrogen-bond acceptors (Lipinski definition) is 4. The van der Waals surface area contributed by atoms with Gasteiger partial charge < -0.3 is 10.4 Å². The molecule has 0 bridgehead atoms. The van der Waals surface area contributed by atoms with Crippen LogP contribution in [0.3, 0.4) is 0 Å². The number of urea groups is 1. The van der Waals surface area contributed by atoms with Crippen LogP contribution >= 0.6 is 11.3 Å². The summed E-state index contributed by atoms with van der Waals surface area (Å²) in [4.78, 5) is 17.9. The molecule has 2 aliphatic carbocycles. The van der Waals surface area contributed by atoms with Gasteiger partial charge in [-0.3, -0.25) is 10.1 Å². The average Bonchev–Trinajstić information content (AvgIpc) is 3.22. The van der Waals surface area contributed by atoms with Crippen molar-refractivity contribution in [2.24, 2.45) is 9.50 Å². The van der Waals surface area contributed by atoms with Crippen molar-refractivity contribution in [2.45, 2.75) is 68.6 Å². The summed E-state index contributed by atoms with van der Waals surface area (Å²) < 4.78 is 18.4. The lowest BCUT2D eigenvalue weighted by Crippen LogP contribution is -2.15. The number of anilines is 1. The fourth-order valence-corrected chi connectivity index (χ4v) is 5.74. The van der Waals surface area contributed by atoms with E-state index in [4.69, 9.17) is 10.1 Å². The number of carbonyl (C=O) groups excluding carboxylic acids is 1. The summed E-state index contributed by atoms with van der Waals surface area (Å²) in [6.45, 7) is 5.14. The number of aryl methyl sites for hydroxylation is 1. The number of rotatable bonds is 4. The Morgan fingerprint density at radius 2 is 2.17 bits per heavy atom. The number of aromatic nitrogens is 1. The van der Waals surface area contributed by atoms with Gasteiger partial charge in [-0.05, 0) is 70.1 Å². The Labute approximate surface area is 176 Å². The molecule has 4 rings (SSSR count). The van der Waals surface area contributed by atoms with E-state index in [0.29, 0.717) is 10.8 Å². The maximum Gasteiger partial charge on any atom is 0.352 e. The van der Waals surface area contributed by atoms with Gasteiger partial charge in [0.1, 0.15) is 10.0 Å². The zero-order chi connectivity index (χ0) is 20.9. The SMILES string of the molecule is Cc1c(C2CC2)nc2c(c1NC(=O)N=S(N)c1sc(C(C)(C)O)cc1F)CCC2. The minimum Gasteiger partial charge on any atom is -0.385 e. The minimum absolute atomic E-state index is 0.160. The van der Waals surface area contributed by atoms with Gasteiger partial charge in [0.05, 0.1) is 11.3 Å². The molecule has 1 unspecified atom stereocenters. The first-order valence-electron chi connectivity index (χ1n) is 9.71. The minimum atomic E-state index is -1.44. The number of nitrogens with one attached hydrogen (secondary N) is 1. The number of nitrogens with two attached hydrogens (primary N) is 1. The molecule has 0 saturated heterocycles. The first-order valence-corrected chi connectivity index (χ1v) is 11.8. The Hall–Kier alpha value is -1.68. The number of aliphatic hydroxyl groups is 1. The van der Waals surface area contributed by atoms with Gasteiger partial charge in [0.25, 0.3) is 0 Å². The van der Waals surface area contributed by atoms with E-state index in [9.17, 15) is 14.3 Å². The number of fused-ring (bicyclic) bond motifs is 1. The topological polar surface area (TPSA) is 101 Å². The van der Waals surface area contributed by atoms with Crippen molar-refractivity contribution in [1.29, 1.82) is 0 Å². The highest BCUT2D eigenvalue weighted by atomic mass is 32.2. The summed E-state index contributed by atoms with van der Waals surface area (Å²) in [6, 6.07) is 0.667. The number of carbonyl (C=O) groups is 1. The molecule has 6 nitrogen and oxygen atoms in total. The van der Waals surface area contributed by atoms with Crippen LogP contribution < -0.4 is 10.5 Å². The van der Waals surface area contributed by atoms with Gasteiger partial charge in [0, 0.05) is 33.1 Å². The van der Waals surface area contributed by atoms with Crippen LogP contribution in [0.25, 0.3) is 0 Å². The van der Waals surface area contributed by atoms with Crippen molar-refractivity contribution in [3.63, 3.8) is 0 Å². The van der Waals surface area contributed by atoms with Crippen molar-refractivity contribution in [3.8, 4) is 0 Å². The molecular weight excluding hydrogens is 411 g/mol. The van der Waals surface area contributed by atoms with Gasteiger partial charge in [-0.15, -0.1) is 11.3 Å². The Morgan fingerprint density at radius 1 is 1.45 bits per heavy atom. The van der Waals surface area contributed by atoms with Crippen LogP contribution in [-0.2, 0) is 29.3 Å². The molecular formula is C20H25FN4O2S2. The average molecular weight is 437 g/mol. The van der Waals surface area contributed by atoms with E-state index in [2.05, 4.69) is 9.68 Å². The highest BCUT2D eigenvalue weighted by molar-refractivity contribution is 7.87. The summed E-state index contributed by atoms with van der Waals surface area (Å²) in [5, 5.41) is 19.0. The Kier molecular flexibility index (Phi) is 5.35. The maximum atomic E-state index is 14.3. The third-order valence-corrected chi connectivity index (χ3v) is 8.25. The van der Waals surface area contributed by atoms with Crippen molar-refractivity contribution in [2.75, 3.05) is 5.32 Å². The van der Waals surface area contributed by atoms with Crippen LogP contribution in [0.4, 0.5) is 14.9 Å². The molecule has 9 heteroatoms. The number of pyridine rings is 1. The zero-order valence-electron chi connectivity index (χ0n) is 16.7. The predicted molar refractivity (Wildman–Crippen MR) is 114 cm³/mol. The molecule has 2 aromatic rings. The van der Waals surface area contributed by atoms with Crippen LogP contribution in [0.5, 0.6) is 0 Å². The second-order valence-electron chi connectivity index (χ2n) is 8.19. The number of thiophene rings is 1. The fourth-order valence-electron chi connectivity index (χ4n) is 3.68. The summed E-state index contributed by atoms with van der Waals surface area (Å²) in [7, 11) is -1.44. The van der Waals surface area contributed by atoms with Gasteiger partial charge >= 0.3 is 6.03 Å². The summed E-state index contributed by atoms with van der Waals surface area (Å²) in [5.74, 6) is -0.0652. The quantitative estimate of drug-likeness (QED) is 0.659. The molecule has 2 heterocycles. The number of amides is 2. The molecule has 0 aliphatic heterocycles. The number of halogens is 1. The normalized spacial score (nSPS) is 17.4. The monoisotopic (exact) mass is 436 g/mol. The molecule has 2 aromatic heterocycles. The lowest BCUT2D eigenvalue weighted by molar-refractivity contribution is 0.0823. The maximum absolute atomic E-state index is 14.3. The smallest absolute Gasteiger partial charge is 0.352 e. The van der Waals surface area contributed by atoms with Crippen LogP contribution in [-0.4, -0.2) is 16.1 Å². The molecule has 0 spiro atoms. The third-order valence-electron chi connectivity index (χ3n) is 5.33. The fraction of sp³-hybridized carbons (Fsp3) is 0.500. The van der Waals surface area contributed by atoms with Crippen molar-refractivity contribution in [1.82, 2.24) is 4.98 Å². The van der Waals surface area contributed by atoms with Gasteiger partial charge in [-0.25, -0.2) is 9.18 Å². The van der Waals surface area contributed by atoms with E-state index in [1.807, 2.05) is 6.92 Å². The molecule has 2 aliphatic rings. The highest BCUT2D eigenvalue weighted by Crippen LogP contribution is 2.44. The lowest BCUT2D eigenvalue weighted by Gasteiger charge is -2.16. The largest absolute Gasteiger partial charge is 0.385 e. The molecule has 1 fully saturated rings. The van der Waals surface area contributed by atoms with E-state index in [1.165, 1.54) is 6.07 Å². The van der Waals surface area contributed by atoms with E-state index in [-0.39, 0.29) is 4.21 Å². The van der Waals surface area contributed by atoms with E-state index >= 15 is 0 Å². The van der Waals surface area contributed by atoms with Crippen molar-refractivity contribution < 1.29 is 14.3 Å². The number of nitrogens with zero attached hydrogens (tertiary/aromatic N) is 2. The lowest BCUT2D eigenvalue weighted by atomic mass is 10.0. The Balaban J connectivity index is 1.61. The van der Waals surface area contributed by atoms with Crippen LogP contribution in [0.15, 0.2) is 14.6 Å². The molecule has 0 radical (unpaired) electrons.